The van der Waals surface area contributed by atoms with Crippen molar-refractivity contribution in [3.63, 3.8) is 0 Å². The maximum atomic E-state index is 11.9. The van der Waals surface area contributed by atoms with Gasteiger partial charge in [0.25, 0.3) is 0 Å². The third kappa shape index (κ3) is 2.33. The van der Waals surface area contributed by atoms with Gasteiger partial charge in [-0.15, -0.1) is 0 Å². The SMILES string of the molecule is CB=CS(=O)(=O)c1nncn1-c1cccc(N)c1. The van der Waals surface area contributed by atoms with Crippen LogP contribution < -0.4 is 5.73 Å². The second-order valence-electron chi connectivity index (χ2n) is 3.59. The molecule has 0 aliphatic heterocycles. The van der Waals surface area contributed by atoms with Gasteiger partial charge in [-0.05, 0) is 0 Å². The number of nitrogen functional groups attached to an aromatic ring is 1. The van der Waals surface area contributed by atoms with E-state index in [1.807, 2.05) is 0 Å². The van der Waals surface area contributed by atoms with E-state index in [2.05, 4.69) is 10.2 Å². The normalized spacial score (nSPS) is 11.6. The number of anilines is 1. The van der Waals surface area contributed by atoms with Gasteiger partial charge < -0.3 is 0 Å². The van der Waals surface area contributed by atoms with Gasteiger partial charge in [0, 0.05) is 0 Å². The monoisotopic (exact) mass is 262 g/mol. The summed E-state index contributed by atoms with van der Waals surface area (Å²) in [5.41, 5.74) is 6.80. The number of nitrogens with zero attached hydrogens (tertiary/aromatic N) is 3. The van der Waals surface area contributed by atoms with E-state index in [1.165, 1.54) is 17.8 Å². The van der Waals surface area contributed by atoms with Crippen LogP contribution in [0, 0.1) is 0 Å². The molecule has 6 nitrogen and oxygen atoms in total. The third-order valence-corrected chi connectivity index (χ3v) is 3.65. The van der Waals surface area contributed by atoms with Gasteiger partial charge in [0.05, 0.1) is 0 Å². The van der Waals surface area contributed by atoms with Crippen molar-refractivity contribution in [1.29, 1.82) is 0 Å². The second-order valence-corrected chi connectivity index (χ2v) is 5.32. The van der Waals surface area contributed by atoms with Crippen LogP contribution in [-0.4, -0.2) is 35.4 Å². The third-order valence-electron chi connectivity index (χ3n) is 2.23. The molecule has 18 heavy (non-hydrogen) atoms. The van der Waals surface area contributed by atoms with Crippen molar-refractivity contribution in [3.05, 3.63) is 30.6 Å². The minimum atomic E-state index is -3.59. The fourth-order valence-electron chi connectivity index (χ4n) is 1.51. The van der Waals surface area contributed by atoms with Crippen LogP contribution in [0.2, 0.25) is 6.82 Å². The van der Waals surface area contributed by atoms with Crippen LogP contribution in [0.1, 0.15) is 0 Å². The van der Waals surface area contributed by atoms with Crippen LogP contribution in [0.3, 0.4) is 0 Å². The van der Waals surface area contributed by atoms with Crippen molar-refractivity contribution in [1.82, 2.24) is 14.8 Å². The molecular formula is C10H11BN4O2S. The zero-order chi connectivity index (χ0) is 13.2. The van der Waals surface area contributed by atoms with Gasteiger partial charge in [-0.2, -0.15) is 0 Å². The van der Waals surface area contributed by atoms with Crippen LogP contribution in [0.5, 0.6) is 0 Å². The number of aromatic nitrogens is 3. The molecular weight excluding hydrogens is 251 g/mol. The van der Waals surface area contributed by atoms with E-state index in [1.54, 1.807) is 31.1 Å². The molecule has 0 spiro atoms. The first-order valence-electron chi connectivity index (χ1n) is 5.18. The topological polar surface area (TPSA) is 90.9 Å². The summed E-state index contributed by atoms with van der Waals surface area (Å²) in [7, 11) is -3.59. The fourth-order valence-corrected chi connectivity index (χ4v) is 2.58. The number of hydrogen-bond donors (Lipinski definition) is 1. The molecule has 1 aromatic heterocycles. The van der Waals surface area contributed by atoms with Crippen molar-refractivity contribution in [2.75, 3.05) is 5.73 Å². The zero-order valence-corrected chi connectivity index (χ0v) is 10.5. The molecule has 2 N–H and O–H groups in total. The van der Waals surface area contributed by atoms with Gasteiger partial charge >= 0.3 is 105 Å². The standard InChI is InChI=1S/C10H11BN4O2S/c1-11-6-18(16,17)10-14-13-7-15(10)9-4-2-3-8(12)5-9/h2-7H,12H2,1H3. The van der Waals surface area contributed by atoms with E-state index in [-0.39, 0.29) is 5.16 Å². The van der Waals surface area contributed by atoms with Crippen molar-refractivity contribution < 1.29 is 8.42 Å². The minimum absolute atomic E-state index is 0.133. The molecule has 8 heteroatoms. The summed E-state index contributed by atoms with van der Waals surface area (Å²) in [6, 6.07) is 6.83. The molecule has 0 bridgehead atoms. The molecule has 0 saturated heterocycles. The summed E-state index contributed by atoms with van der Waals surface area (Å²) < 4.78 is 25.2. The van der Waals surface area contributed by atoms with Crippen molar-refractivity contribution >= 4 is 27.7 Å². The Labute approximate surface area is 105 Å². The predicted octanol–water partition coefficient (Wildman–Crippen LogP) is 0.135. The average molecular weight is 262 g/mol. The summed E-state index contributed by atoms with van der Waals surface area (Å²) in [4.78, 5) is 0. The molecule has 1 aromatic carbocycles. The van der Waals surface area contributed by atoms with Crippen molar-refractivity contribution in [2.24, 2.45) is 0 Å². The first-order chi connectivity index (χ1) is 8.54. The summed E-state index contributed by atoms with van der Waals surface area (Å²) in [6.07, 6.45) is 1.34. The zero-order valence-electron chi connectivity index (χ0n) is 9.69. The Hall–Kier alpha value is -1.96. The summed E-state index contributed by atoms with van der Waals surface area (Å²) >= 11 is 0. The molecule has 2 aromatic rings. The molecule has 0 unspecified atom stereocenters. The van der Waals surface area contributed by atoms with E-state index >= 15 is 0 Å². The maximum absolute atomic E-state index is 11.9. The van der Waals surface area contributed by atoms with Crippen LogP contribution in [0.25, 0.3) is 5.69 Å². The van der Waals surface area contributed by atoms with Crippen LogP contribution in [0.4, 0.5) is 5.69 Å². The first kappa shape index (κ1) is 12.5. The first-order valence-corrected chi connectivity index (χ1v) is 6.73. The van der Waals surface area contributed by atoms with E-state index < -0.39 is 9.84 Å². The Bertz CT molecular complexity index is 693. The summed E-state index contributed by atoms with van der Waals surface area (Å²) in [6.45, 7) is 3.06. The summed E-state index contributed by atoms with van der Waals surface area (Å²) in [5.74, 6) is 0. The van der Waals surface area contributed by atoms with Crippen molar-refractivity contribution in [2.45, 2.75) is 12.0 Å². The van der Waals surface area contributed by atoms with E-state index in [9.17, 15) is 8.42 Å². The second kappa shape index (κ2) is 4.73. The van der Waals surface area contributed by atoms with E-state index in [4.69, 9.17) is 5.73 Å². The molecule has 0 aliphatic rings. The Morgan fingerprint density at radius 3 is 2.89 bits per heavy atom. The molecule has 0 atom stereocenters. The van der Waals surface area contributed by atoms with Gasteiger partial charge in [0.1, 0.15) is 0 Å². The van der Waals surface area contributed by atoms with Gasteiger partial charge in [-0.1, -0.05) is 0 Å². The fraction of sp³-hybridized carbons (Fsp3) is 0.100. The molecule has 1 heterocycles. The number of nitrogens with two attached hydrogens (primary N) is 1. The Morgan fingerprint density at radius 2 is 2.22 bits per heavy atom. The Balaban J connectivity index is 2.59. The van der Waals surface area contributed by atoms with Gasteiger partial charge in [0.15, 0.2) is 0 Å². The van der Waals surface area contributed by atoms with Crippen molar-refractivity contribution in [3.8, 4) is 5.69 Å². The van der Waals surface area contributed by atoms with Gasteiger partial charge in [-0.25, -0.2) is 0 Å². The number of sulfone groups is 1. The Kier molecular flexibility index (Phi) is 3.29. The van der Waals surface area contributed by atoms with E-state index in [0.717, 1.165) is 5.30 Å². The quantitative estimate of drug-likeness (QED) is 0.627. The molecule has 0 saturated carbocycles. The van der Waals surface area contributed by atoms with Crippen LogP contribution in [-0.2, 0) is 9.84 Å². The van der Waals surface area contributed by atoms with Crippen LogP contribution >= 0.6 is 0 Å². The summed E-state index contributed by atoms with van der Waals surface area (Å²) in [5, 5.41) is 8.23. The molecule has 0 aliphatic carbocycles. The van der Waals surface area contributed by atoms with Gasteiger partial charge in [-0.3, -0.25) is 0 Å². The number of benzene rings is 1. The molecule has 0 radical (unpaired) electrons. The average Bonchev–Trinajstić information content (AvgIpc) is 2.78. The Morgan fingerprint density at radius 1 is 1.44 bits per heavy atom. The molecule has 92 valence electrons. The number of rotatable bonds is 3. The predicted molar refractivity (Wildman–Crippen MR) is 70.6 cm³/mol. The number of hydrogen-bond acceptors (Lipinski definition) is 5. The van der Waals surface area contributed by atoms with E-state index in [0.29, 0.717) is 11.4 Å². The van der Waals surface area contributed by atoms with Crippen LogP contribution in [0.15, 0.2) is 35.7 Å². The molecule has 0 fully saturated rings. The molecule has 0 amide bonds. The molecule has 2 rings (SSSR count). The van der Waals surface area contributed by atoms with Gasteiger partial charge in [0.2, 0.25) is 0 Å².